The van der Waals surface area contributed by atoms with E-state index in [0.29, 0.717) is 6.42 Å². The van der Waals surface area contributed by atoms with Crippen molar-refractivity contribution in [3.05, 3.63) is 29.6 Å². The van der Waals surface area contributed by atoms with E-state index in [1.165, 1.54) is 4.31 Å². The Morgan fingerprint density at radius 3 is 2.54 bits per heavy atom. The fraction of sp³-hybridized carbons (Fsp3) is 0.533. The lowest BCUT2D eigenvalue weighted by Gasteiger charge is -2.41. The molecule has 0 aliphatic carbocycles. The monoisotopic (exact) mass is 380 g/mol. The highest BCUT2D eigenvalue weighted by molar-refractivity contribution is 7.89. The van der Waals surface area contributed by atoms with Crippen LogP contribution in [-0.2, 0) is 14.8 Å². The third kappa shape index (κ3) is 4.05. The van der Waals surface area contributed by atoms with E-state index in [-0.39, 0.29) is 47.4 Å². The van der Waals surface area contributed by atoms with Gasteiger partial charge in [-0.05, 0) is 30.0 Å². The van der Waals surface area contributed by atoms with Crippen LogP contribution in [0.2, 0.25) is 0 Å². The molecule has 24 heavy (non-hydrogen) atoms. The van der Waals surface area contributed by atoms with Crippen LogP contribution in [0, 0.1) is 11.2 Å². The maximum Gasteiger partial charge on any atom is 0.337 e. The van der Waals surface area contributed by atoms with E-state index in [2.05, 4.69) is 4.74 Å². The van der Waals surface area contributed by atoms with Crippen molar-refractivity contribution in [3.63, 3.8) is 0 Å². The van der Waals surface area contributed by atoms with Crippen LogP contribution in [0.5, 0.6) is 0 Å². The zero-order valence-electron chi connectivity index (χ0n) is 13.8. The van der Waals surface area contributed by atoms with Gasteiger partial charge in [0.1, 0.15) is 5.82 Å². The zero-order chi connectivity index (χ0) is 17.4. The summed E-state index contributed by atoms with van der Waals surface area (Å²) in [5, 5.41) is 0. The molecule has 0 spiro atoms. The average molecular weight is 381 g/mol. The SMILES string of the molecule is COC(=O)c1cc(F)cc(S(=O)(=O)N2CCC(N)C(C)(C)C2)c1.Cl. The van der Waals surface area contributed by atoms with Crippen molar-refractivity contribution >= 4 is 28.4 Å². The van der Waals surface area contributed by atoms with Crippen LogP contribution >= 0.6 is 12.4 Å². The molecule has 0 bridgehead atoms. The van der Waals surface area contributed by atoms with E-state index in [1.807, 2.05) is 13.8 Å². The number of methoxy groups -OCH3 is 1. The third-order valence-electron chi connectivity index (χ3n) is 4.21. The van der Waals surface area contributed by atoms with E-state index in [0.717, 1.165) is 25.3 Å². The fourth-order valence-electron chi connectivity index (χ4n) is 2.63. The number of carbonyl (C=O) groups is 1. The summed E-state index contributed by atoms with van der Waals surface area (Å²) in [5.74, 6) is -1.60. The molecule has 2 rings (SSSR count). The first kappa shape index (κ1) is 20.8. The number of halogens is 2. The summed E-state index contributed by atoms with van der Waals surface area (Å²) in [6, 6.07) is 2.88. The largest absolute Gasteiger partial charge is 0.465 e. The molecule has 0 amide bonds. The van der Waals surface area contributed by atoms with E-state index in [1.54, 1.807) is 0 Å². The number of benzene rings is 1. The second-order valence-corrected chi connectivity index (χ2v) is 8.33. The van der Waals surface area contributed by atoms with Gasteiger partial charge < -0.3 is 10.5 Å². The molecule has 6 nitrogen and oxygen atoms in total. The van der Waals surface area contributed by atoms with Crippen LogP contribution < -0.4 is 5.73 Å². The Kier molecular flexibility index (Phi) is 6.37. The molecule has 2 N–H and O–H groups in total. The Hall–Kier alpha value is -1.22. The number of nitrogens with two attached hydrogens (primary N) is 1. The molecule has 136 valence electrons. The lowest BCUT2D eigenvalue weighted by molar-refractivity contribution is 0.0600. The van der Waals surface area contributed by atoms with Crippen LogP contribution in [0.3, 0.4) is 0 Å². The van der Waals surface area contributed by atoms with E-state index < -0.39 is 21.8 Å². The Morgan fingerprint density at radius 1 is 1.38 bits per heavy atom. The molecule has 1 aromatic rings. The highest BCUT2D eigenvalue weighted by atomic mass is 35.5. The fourth-order valence-corrected chi connectivity index (χ4v) is 4.31. The van der Waals surface area contributed by atoms with Crippen molar-refractivity contribution in [2.75, 3.05) is 20.2 Å². The Labute approximate surface area is 147 Å². The van der Waals surface area contributed by atoms with Crippen molar-refractivity contribution in [3.8, 4) is 0 Å². The van der Waals surface area contributed by atoms with Gasteiger partial charge in [0, 0.05) is 19.1 Å². The predicted octanol–water partition coefficient (Wildman–Crippen LogP) is 1.78. The summed E-state index contributed by atoms with van der Waals surface area (Å²) in [7, 11) is -2.76. The second-order valence-electron chi connectivity index (χ2n) is 6.39. The normalized spacial score (nSPS) is 21.0. The van der Waals surface area contributed by atoms with Gasteiger partial charge in [-0.2, -0.15) is 4.31 Å². The number of sulfonamides is 1. The molecular formula is C15H22ClFN2O4S. The molecular weight excluding hydrogens is 359 g/mol. The molecule has 0 saturated carbocycles. The first-order chi connectivity index (χ1) is 10.6. The van der Waals surface area contributed by atoms with Gasteiger partial charge in [0.15, 0.2) is 0 Å². The molecule has 1 saturated heterocycles. The summed E-state index contributed by atoms with van der Waals surface area (Å²) < 4.78 is 45.1. The number of ether oxygens (including phenoxy) is 1. The number of carbonyl (C=O) groups excluding carboxylic acids is 1. The Bertz CT molecular complexity index is 724. The van der Waals surface area contributed by atoms with Crippen molar-refractivity contribution in [1.82, 2.24) is 4.31 Å². The van der Waals surface area contributed by atoms with Crippen molar-refractivity contribution in [2.24, 2.45) is 11.1 Å². The van der Waals surface area contributed by atoms with Crippen LogP contribution in [-0.4, -0.2) is 44.9 Å². The number of esters is 1. The first-order valence-corrected chi connectivity index (χ1v) is 8.66. The van der Waals surface area contributed by atoms with Gasteiger partial charge in [-0.25, -0.2) is 17.6 Å². The number of rotatable bonds is 3. The molecule has 1 aliphatic heterocycles. The highest BCUT2D eigenvalue weighted by Crippen LogP contribution is 2.31. The average Bonchev–Trinajstić information content (AvgIpc) is 2.48. The van der Waals surface area contributed by atoms with Crippen LogP contribution in [0.1, 0.15) is 30.6 Å². The molecule has 0 radical (unpaired) electrons. The minimum atomic E-state index is -3.91. The predicted molar refractivity (Wildman–Crippen MR) is 90.1 cm³/mol. The summed E-state index contributed by atoms with van der Waals surface area (Å²) in [6.45, 7) is 4.28. The smallest absolute Gasteiger partial charge is 0.337 e. The maximum atomic E-state index is 13.7. The lowest BCUT2D eigenvalue weighted by Crippen LogP contribution is -2.53. The number of hydrogen-bond acceptors (Lipinski definition) is 5. The highest BCUT2D eigenvalue weighted by Gasteiger charge is 2.39. The third-order valence-corrected chi connectivity index (χ3v) is 6.03. The maximum absolute atomic E-state index is 13.7. The van der Waals surface area contributed by atoms with Crippen LogP contribution in [0.4, 0.5) is 4.39 Å². The molecule has 1 fully saturated rings. The van der Waals surface area contributed by atoms with Gasteiger partial charge in [-0.1, -0.05) is 13.8 Å². The summed E-state index contributed by atoms with van der Waals surface area (Å²) >= 11 is 0. The topological polar surface area (TPSA) is 89.7 Å². The van der Waals surface area contributed by atoms with Crippen LogP contribution in [0.25, 0.3) is 0 Å². The summed E-state index contributed by atoms with van der Waals surface area (Å²) in [5.41, 5.74) is 5.50. The standard InChI is InChI=1S/C15H21FN2O4S.ClH/c1-15(2)9-18(5-4-13(15)17)23(20,21)12-7-10(14(19)22-3)6-11(16)8-12;/h6-8,13H,4-5,9,17H2,1-3H3;1H. The van der Waals surface area contributed by atoms with Gasteiger partial charge in [0.2, 0.25) is 10.0 Å². The molecule has 1 aliphatic rings. The van der Waals surface area contributed by atoms with Crippen molar-refractivity contribution in [1.29, 1.82) is 0 Å². The minimum absolute atomic E-state index is 0. The molecule has 1 unspecified atom stereocenters. The molecule has 1 heterocycles. The Morgan fingerprint density at radius 2 is 2.00 bits per heavy atom. The Balaban J connectivity index is 0.00000288. The van der Waals surface area contributed by atoms with Gasteiger partial charge in [0.25, 0.3) is 0 Å². The van der Waals surface area contributed by atoms with Gasteiger partial charge in [-0.3, -0.25) is 0 Å². The van der Waals surface area contributed by atoms with Gasteiger partial charge in [-0.15, -0.1) is 12.4 Å². The first-order valence-electron chi connectivity index (χ1n) is 7.22. The molecule has 9 heteroatoms. The van der Waals surface area contributed by atoms with Gasteiger partial charge >= 0.3 is 5.97 Å². The summed E-state index contributed by atoms with van der Waals surface area (Å²) in [4.78, 5) is 11.3. The van der Waals surface area contributed by atoms with E-state index in [4.69, 9.17) is 5.73 Å². The molecule has 1 atom stereocenters. The quantitative estimate of drug-likeness (QED) is 0.807. The number of piperidine rings is 1. The zero-order valence-corrected chi connectivity index (χ0v) is 15.4. The summed E-state index contributed by atoms with van der Waals surface area (Å²) in [6.07, 6.45) is 0.519. The van der Waals surface area contributed by atoms with Crippen LogP contribution in [0.15, 0.2) is 23.1 Å². The number of nitrogens with zero attached hydrogens (tertiary/aromatic N) is 1. The minimum Gasteiger partial charge on any atom is -0.465 e. The van der Waals surface area contributed by atoms with Crippen molar-refractivity contribution in [2.45, 2.75) is 31.2 Å². The molecule has 1 aromatic carbocycles. The van der Waals surface area contributed by atoms with Crippen molar-refractivity contribution < 1.29 is 22.3 Å². The van der Waals surface area contributed by atoms with Gasteiger partial charge in [0.05, 0.1) is 17.6 Å². The molecule has 0 aromatic heterocycles. The second kappa shape index (κ2) is 7.35. The lowest BCUT2D eigenvalue weighted by atomic mass is 9.81. The van der Waals surface area contributed by atoms with E-state index in [9.17, 15) is 17.6 Å². The number of hydrogen-bond donors (Lipinski definition) is 1. The van der Waals surface area contributed by atoms with E-state index >= 15 is 0 Å².